The van der Waals surface area contributed by atoms with Crippen LogP contribution in [0.1, 0.15) is 106 Å². The molecule has 6 nitrogen and oxygen atoms in total. The summed E-state index contributed by atoms with van der Waals surface area (Å²) < 4.78 is 12.9. The van der Waals surface area contributed by atoms with E-state index < -0.39 is 39.3 Å². The first-order chi connectivity index (χ1) is 16.9. The molecule has 0 amide bonds. The molecule has 2 spiro atoms. The molecule has 0 bridgehead atoms. The van der Waals surface area contributed by atoms with Crippen LogP contribution in [0.3, 0.4) is 0 Å². The van der Waals surface area contributed by atoms with E-state index in [9.17, 15) is 20.1 Å². The molecule has 5 aliphatic rings. The fourth-order valence-electron chi connectivity index (χ4n) is 10.1. The van der Waals surface area contributed by atoms with Gasteiger partial charge in [0.2, 0.25) is 0 Å². The van der Waals surface area contributed by atoms with E-state index in [1.807, 2.05) is 19.9 Å². The number of esters is 1. The molecule has 0 aromatic rings. The highest BCUT2D eigenvalue weighted by atomic mass is 16.6. The first kappa shape index (κ1) is 27.6. The number of carbonyl (C=O) groups excluding carboxylic acids is 1. The van der Waals surface area contributed by atoms with Crippen LogP contribution in [0.15, 0.2) is 12.2 Å². The zero-order valence-electron chi connectivity index (χ0n) is 24.3. The second-order valence-electron chi connectivity index (χ2n) is 15.5. The van der Waals surface area contributed by atoms with Crippen LogP contribution in [0.25, 0.3) is 0 Å². The van der Waals surface area contributed by atoms with Gasteiger partial charge in [0.15, 0.2) is 0 Å². The molecule has 3 N–H and O–H groups in total. The smallest absolute Gasteiger partial charge is 0.312 e. The van der Waals surface area contributed by atoms with Crippen molar-refractivity contribution in [2.45, 2.75) is 135 Å². The Morgan fingerprint density at radius 3 is 2.14 bits per heavy atom. The van der Waals surface area contributed by atoms with Gasteiger partial charge in [-0.1, -0.05) is 46.8 Å². The zero-order chi connectivity index (χ0) is 27.5. The minimum absolute atomic E-state index is 0.0198. The summed E-state index contributed by atoms with van der Waals surface area (Å²) in [6.45, 7) is 14.7. The molecule has 9 unspecified atom stereocenters. The summed E-state index contributed by atoms with van der Waals surface area (Å²) in [6.07, 6.45) is 9.74. The van der Waals surface area contributed by atoms with Crippen molar-refractivity contribution in [1.29, 1.82) is 0 Å². The normalized spacial score (nSPS) is 54.1. The number of methoxy groups -OCH3 is 1. The average Bonchev–Trinajstić information content (AvgIpc) is 3.23. The molecule has 0 aromatic heterocycles. The summed E-state index contributed by atoms with van der Waals surface area (Å²) in [6, 6.07) is 0. The van der Waals surface area contributed by atoms with Gasteiger partial charge in [0, 0.05) is 11.3 Å². The van der Waals surface area contributed by atoms with Crippen LogP contribution >= 0.6 is 0 Å². The fraction of sp³-hybridized carbons (Fsp3) is 0.903. The van der Waals surface area contributed by atoms with Crippen molar-refractivity contribution in [2.24, 2.45) is 33.5 Å². The van der Waals surface area contributed by atoms with Crippen LogP contribution in [-0.4, -0.2) is 56.9 Å². The van der Waals surface area contributed by atoms with Crippen molar-refractivity contribution in [1.82, 2.24) is 0 Å². The van der Waals surface area contributed by atoms with Crippen LogP contribution in [0.4, 0.5) is 0 Å². The molecule has 9 atom stereocenters. The van der Waals surface area contributed by atoms with Gasteiger partial charge >= 0.3 is 5.97 Å². The summed E-state index contributed by atoms with van der Waals surface area (Å²) in [5.41, 5.74) is -6.10. The number of fused-ring (bicyclic) bond motifs is 4. The molecular weight excluding hydrogens is 468 g/mol. The van der Waals surface area contributed by atoms with E-state index in [1.54, 1.807) is 0 Å². The fourth-order valence-corrected chi connectivity index (χ4v) is 10.1. The van der Waals surface area contributed by atoms with Crippen molar-refractivity contribution in [3.63, 3.8) is 0 Å². The molecule has 5 rings (SSSR count). The highest BCUT2D eigenvalue weighted by Gasteiger charge is 2.76. The molecule has 1 aliphatic heterocycles. The molecule has 0 aromatic carbocycles. The highest BCUT2D eigenvalue weighted by Crippen LogP contribution is 2.71. The minimum atomic E-state index is -1.22. The molecule has 0 radical (unpaired) electrons. The van der Waals surface area contributed by atoms with Gasteiger partial charge in [-0.05, 0) is 88.4 Å². The topological polar surface area (TPSA) is 96.2 Å². The summed E-state index contributed by atoms with van der Waals surface area (Å²) in [5.74, 6) is -0.356. The summed E-state index contributed by atoms with van der Waals surface area (Å²) in [7, 11) is 1.47. The Balaban J connectivity index is 1.69. The van der Waals surface area contributed by atoms with Gasteiger partial charge in [-0.2, -0.15) is 0 Å². The number of ether oxygens (including phenoxy) is 2. The number of rotatable bonds is 1. The molecule has 1 heterocycles. The molecule has 4 saturated carbocycles. The average molecular weight is 519 g/mol. The summed E-state index contributed by atoms with van der Waals surface area (Å²) in [5, 5.41) is 35.3. The second kappa shape index (κ2) is 7.83. The second-order valence-corrected chi connectivity index (χ2v) is 15.5. The Hall–Kier alpha value is -0.950. The van der Waals surface area contributed by atoms with Crippen LogP contribution in [0, 0.1) is 33.5 Å². The van der Waals surface area contributed by atoms with Crippen molar-refractivity contribution in [3.05, 3.63) is 12.2 Å². The number of hydrogen-bond acceptors (Lipinski definition) is 6. The SMILES string of the molecule is COC(=O)C12CCC(C)(C)CC1C1(C=CC3(O1)C(C)(O)CCC1C(C)(C)C(O)CCC13C)C(C)(O)CC2. The van der Waals surface area contributed by atoms with Gasteiger partial charge in [0.05, 0.1) is 29.8 Å². The molecule has 0 saturated heterocycles. The van der Waals surface area contributed by atoms with Gasteiger partial charge in [-0.3, -0.25) is 4.79 Å². The number of aliphatic hydroxyl groups is 3. The van der Waals surface area contributed by atoms with E-state index in [4.69, 9.17) is 9.47 Å². The zero-order valence-corrected chi connectivity index (χ0v) is 24.3. The molecular formula is C31H50O6. The van der Waals surface area contributed by atoms with E-state index in [2.05, 4.69) is 40.7 Å². The molecule has 4 fully saturated rings. The maximum Gasteiger partial charge on any atom is 0.312 e. The minimum Gasteiger partial charge on any atom is -0.469 e. The third-order valence-corrected chi connectivity index (χ3v) is 12.6. The van der Waals surface area contributed by atoms with Gasteiger partial charge in [-0.25, -0.2) is 0 Å². The lowest BCUT2D eigenvalue weighted by Crippen LogP contribution is -2.75. The molecule has 210 valence electrons. The maximum atomic E-state index is 13.5. The monoisotopic (exact) mass is 518 g/mol. The highest BCUT2D eigenvalue weighted by molar-refractivity contribution is 5.78. The lowest BCUT2D eigenvalue weighted by atomic mass is 9.43. The standard InChI is InChI=1S/C31H50O6/c1-24(2)13-15-29(23(33)36-8)16-14-27(6,34)30(21(29)19-24)17-18-31(37-30)26(5)11-10-22(32)25(3,4)20(26)9-12-28(31,7)35/h17-18,20-22,32,34-35H,9-16,19H2,1-8H3. The lowest BCUT2D eigenvalue weighted by Gasteiger charge is -2.68. The predicted octanol–water partition coefficient (Wildman–Crippen LogP) is 4.93. The Labute approximate surface area is 223 Å². The van der Waals surface area contributed by atoms with Crippen LogP contribution in [-0.2, 0) is 14.3 Å². The van der Waals surface area contributed by atoms with Crippen LogP contribution in [0.2, 0.25) is 0 Å². The van der Waals surface area contributed by atoms with Gasteiger partial charge < -0.3 is 24.8 Å². The first-order valence-electron chi connectivity index (χ1n) is 14.5. The molecule has 4 aliphatic carbocycles. The van der Waals surface area contributed by atoms with Crippen molar-refractivity contribution in [3.8, 4) is 0 Å². The Kier molecular flexibility index (Phi) is 5.84. The Bertz CT molecular complexity index is 992. The quantitative estimate of drug-likeness (QED) is 0.337. The van der Waals surface area contributed by atoms with Crippen molar-refractivity contribution in [2.75, 3.05) is 7.11 Å². The summed E-state index contributed by atoms with van der Waals surface area (Å²) >= 11 is 0. The third kappa shape index (κ3) is 3.28. The number of carbonyl (C=O) groups is 1. The number of aliphatic hydroxyl groups excluding tert-OH is 1. The van der Waals surface area contributed by atoms with Gasteiger partial charge in [0.25, 0.3) is 0 Å². The van der Waals surface area contributed by atoms with Gasteiger partial charge in [-0.15, -0.1) is 0 Å². The van der Waals surface area contributed by atoms with Crippen LogP contribution < -0.4 is 0 Å². The summed E-state index contributed by atoms with van der Waals surface area (Å²) in [4.78, 5) is 13.5. The number of hydrogen-bond donors (Lipinski definition) is 3. The molecule has 37 heavy (non-hydrogen) atoms. The Morgan fingerprint density at radius 2 is 1.49 bits per heavy atom. The van der Waals surface area contributed by atoms with E-state index in [0.29, 0.717) is 32.1 Å². The van der Waals surface area contributed by atoms with E-state index in [0.717, 1.165) is 25.7 Å². The molecule has 6 heteroatoms. The van der Waals surface area contributed by atoms with E-state index in [-0.39, 0.29) is 28.6 Å². The predicted molar refractivity (Wildman–Crippen MR) is 142 cm³/mol. The lowest BCUT2D eigenvalue weighted by molar-refractivity contribution is -0.339. The largest absolute Gasteiger partial charge is 0.469 e. The van der Waals surface area contributed by atoms with E-state index >= 15 is 0 Å². The van der Waals surface area contributed by atoms with E-state index in [1.165, 1.54) is 7.11 Å². The Morgan fingerprint density at radius 1 is 0.838 bits per heavy atom. The first-order valence-corrected chi connectivity index (χ1v) is 14.5. The maximum absolute atomic E-state index is 13.5. The van der Waals surface area contributed by atoms with Gasteiger partial charge in [0.1, 0.15) is 11.2 Å². The van der Waals surface area contributed by atoms with Crippen molar-refractivity contribution < 1.29 is 29.6 Å². The van der Waals surface area contributed by atoms with Crippen molar-refractivity contribution >= 4 is 5.97 Å². The third-order valence-electron chi connectivity index (χ3n) is 12.6. The van der Waals surface area contributed by atoms with Crippen LogP contribution in [0.5, 0.6) is 0 Å².